The van der Waals surface area contributed by atoms with E-state index in [-0.39, 0.29) is 36.9 Å². The number of carbonyl (C=O) groups is 1. The fraction of sp³-hybridized carbons (Fsp3) is 0.833. The second-order valence-corrected chi connectivity index (χ2v) is 2.36. The molecule has 0 unspecified atom stereocenters. The van der Waals surface area contributed by atoms with Gasteiger partial charge < -0.3 is 30.3 Å². The van der Waals surface area contributed by atoms with Crippen LogP contribution in [0.2, 0.25) is 0 Å². The van der Waals surface area contributed by atoms with Gasteiger partial charge >= 0.3 is 0 Å². The quantitative estimate of drug-likeness (QED) is 0.263. The van der Waals surface area contributed by atoms with Crippen molar-refractivity contribution in [3.63, 3.8) is 0 Å². The zero-order valence-electron chi connectivity index (χ0n) is 7.15. The first-order valence-electron chi connectivity index (χ1n) is 3.33. The van der Waals surface area contributed by atoms with Crippen LogP contribution in [0, 0.1) is 0 Å². The van der Waals surface area contributed by atoms with Crippen molar-refractivity contribution >= 4 is 36.9 Å². The van der Waals surface area contributed by atoms with Crippen LogP contribution in [0.15, 0.2) is 0 Å². The number of aliphatic hydroxyl groups is 5. The standard InChI is InChI=1S/C6H12O6.H2S.Se/c7-1-3(9)5(11)6(12)4(10)2-8;;/h1,3-6,8-12H,2H2;1H2;/t3-,4+,5+,6+;;/m0../s1. The molecule has 0 aliphatic heterocycles. The van der Waals surface area contributed by atoms with Crippen LogP contribution in [0.5, 0.6) is 0 Å². The smallest absolute Gasteiger partial charge is 0.151 e. The fourth-order valence-electron chi connectivity index (χ4n) is 0.618. The third-order valence-electron chi connectivity index (χ3n) is 1.42. The molecule has 14 heavy (non-hydrogen) atoms. The zero-order valence-corrected chi connectivity index (χ0v) is 9.86. The Morgan fingerprint density at radius 3 is 1.79 bits per heavy atom. The van der Waals surface area contributed by atoms with Crippen molar-refractivity contribution in [3.05, 3.63) is 0 Å². The molecule has 0 aliphatic rings. The summed E-state index contributed by atoms with van der Waals surface area (Å²) in [6.45, 7) is -0.760. The summed E-state index contributed by atoms with van der Waals surface area (Å²) < 4.78 is 0. The Kier molecular flexibility index (Phi) is 14.0. The van der Waals surface area contributed by atoms with E-state index >= 15 is 0 Å². The zero-order chi connectivity index (χ0) is 9.72. The Morgan fingerprint density at radius 1 is 1.07 bits per heavy atom. The average molecular weight is 293 g/mol. The molecule has 6 nitrogen and oxygen atoms in total. The minimum Gasteiger partial charge on any atom is -0.394 e. The van der Waals surface area contributed by atoms with E-state index in [0.717, 1.165) is 0 Å². The van der Waals surface area contributed by atoms with Gasteiger partial charge in [0.25, 0.3) is 0 Å². The summed E-state index contributed by atoms with van der Waals surface area (Å²) in [6.07, 6.45) is -6.84. The summed E-state index contributed by atoms with van der Waals surface area (Å²) in [5.41, 5.74) is 0. The third kappa shape index (κ3) is 5.94. The summed E-state index contributed by atoms with van der Waals surface area (Å²) in [5, 5.41) is 43.5. The second-order valence-electron chi connectivity index (χ2n) is 2.36. The van der Waals surface area contributed by atoms with E-state index in [1.54, 1.807) is 0 Å². The van der Waals surface area contributed by atoms with Crippen LogP contribution in [0.4, 0.5) is 0 Å². The van der Waals surface area contributed by atoms with Crippen molar-refractivity contribution in [1.29, 1.82) is 0 Å². The molecule has 0 aromatic rings. The molecule has 0 amide bonds. The van der Waals surface area contributed by atoms with Crippen molar-refractivity contribution in [3.8, 4) is 0 Å². The minimum atomic E-state index is -1.79. The molecular formula is C6H14O6SSe. The third-order valence-corrected chi connectivity index (χ3v) is 1.42. The van der Waals surface area contributed by atoms with Gasteiger partial charge in [0.1, 0.15) is 24.4 Å². The van der Waals surface area contributed by atoms with E-state index in [9.17, 15) is 4.79 Å². The van der Waals surface area contributed by atoms with Gasteiger partial charge in [0.2, 0.25) is 0 Å². The van der Waals surface area contributed by atoms with Crippen molar-refractivity contribution in [1.82, 2.24) is 0 Å². The first-order valence-corrected chi connectivity index (χ1v) is 3.33. The Morgan fingerprint density at radius 2 is 1.50 bits per heavy atom. The number of aliphatic hydroxyl groups excluding tert-OH is 5. The molecular weight excluding hydrogens is 279 g/mol. The number of rotatable bonds is 5. The molecule has 0 saturated carbocycles. The molecule has 2 radical (unpaired) electrons. The van der Waals surface area contributed by atoms with E-state index in [0.29, 0.717) is 0 Å². The van der Waals surface area contributed by atoms with Gasteiger partial charge in [-0.1, -0.05) is 0 Å². The Labute approximate surface area is 98.5 Å². The van der Waals surface area contributed by atoms with E-state index in [4.69, 9.17) is 25.5 Å². The average Bonchev–Trinajstić information content (AvgIpc) is 2.12. The molecule has 0 aliphatic carbocycles. The van der Waals surface area contributed by atoms with Crippen molar-refractivity contribution in [2.24, 2.45) is 0 Å². The van der Waals surface area contributed by atoms with Gasteiger partial charge in [0, 0.05) is 17.1 Å². The summed E-state index contributed by atoms with van der Waals surface area (Å²) in [4.78, 5) is 9.90. The van der Waals surface area contributed by atoms with Crippen LogP contribution in [-0.2, 0) is 4.79 Å². The molecule has 0 saturated heterocycles. The molecule has 86 valence electrons. The monoisotopic (exact) mass is 294 g/mol. The SMILES string of the molecule is O=C[C@H](O)[C@@H](O)[C@H](O)[C@H](O)CO.S.[Se]. The molecule has 0 aromatic carbocycles. The van der Waals surface area contributed by atoms with E-state index < -0.39 is 31.0 Å². The number of aldehydes is 1. The molecule has 0 rings (SSSR count). The molecule has 0 heterocycles. The van der Waals surface area contributed by atoms with Crippen LogP contribution in [0.3, 0.4) is 0 Å². The molecule has 0 aromatic heterocycles. The molecule has 8 heteroatoms. The maximum absolute atomic E-state index is 9.90. The van der Waals surface area contributed by atoms with Gasteiger partial charge in [-0.05, 0) is 0 Å². The molecule has 5 N–H and O–H groups in total. The number of hydrogen-bond donors (Lipinski definition) is 5. The topological polar surface area (TPSA) is 118 Å². The maximum Gasteiger partial charge on any atom is 0.151 e. The number of hydrogen-bond acceptors (Lipinski definition) is 6. The molecule has 0 bridgehead atoms. The predicted molar refractivity (Wildman–Crippen MR) is 53.3 cm³/mol. The van der Waals surface area contributed by atoms with Crippen LogP contribution in [-0.4, -0.2) is 79.9 Å². The van der Waals surface area contributed by atoms with Gasteiger partial charge in [-0.3, -0.25) is 0 Å². The van der Waals surface area contributed by atoms with Gasteiger partial charge in [-0.25, -0.2) is 0 Å². The van der Waals surface area contributed by atoms with Gasteiger partial charge in [-0.2, -0.15) is 13.5 Å². The van der Waals surface area contributed by atoms with Gasteiger partial charge in [0.05, 0.1) is 6.61 Å². The Hall–Kier alpha value is 0.339. The first kappa shape index (κ1) is 19.8. The van der Waals surface area contributed by atoms with E-state index in [1.807, 2.05) is 0 Å². The summed E-state index contributed by atoms with van der Waals surface area (Å²) in [7, 11) is 0. The minimum absolute atomic E-state index is 0. The summed E-state index contributed by atoms with van der Waals surface area (Å²) in [5.74, 6) is 0. The Bertz CT molecular complexity index is 148. The predicted octanol–water partition coefficient (Wildman–Crippen LogP) is -3.65. The number of carbonyl (C=O) groups excluding carboxylic acids is 1. The van der Waals surface area contributed by atoms with Crippen LogP contribution < -0.4 is 0 Å². The fourth-order valence-corrected chi connectivity index (χ4v) is 0.618. The normalized spacial score (nSPS) is 18.1. The Balaban J connectivity index is -0.000000605. The van der Waals surface area contributed by atoms with Crippen molar-refractivity contribution in [2.75, 3.05) is 6.61 Å². The molecule has 4 atom stereocenters. The second kappa shape index (κ2) is 9.88. The summed E-state index contributed by atoms with van der Waals surface area (Å²) in [6, 6.07) is 0. The summed E-state index contributed by atoms with van der Waals surface area (Å²) >= 11 is 0. The van der Waals surface area contributed by atoms with Gasteiger partial charge in [-0.15, -0.1) is 0 Å². The largest absolute Gasteiger partial charge is 0.394 e. The van der Waals surface area contributed by atoms with Crippen molar-refractivity contribution < 1.29 is 30.3 Å². The van der Waals surface area contributed by atoms with Crippen LogP contribution in [0.25, 0.3) is 0 Å². The van der Waals surface area contributed by atoms with E-state index in [1.165, 1.54) is 0 Å². The van der Waals surface area contributed by atoms with E-state index in [2.05, 4.69) is 0 Å². The van der Waals surface area contributed by atoms with Crippen LogP contribution in [0.1, 0.15) is 0 Å². The molecule has 0 fully saturated rings. The first-order chi connectivity index (χ1) is 5.54. The van der Waals surface area contributed by atoms with Crippen molar-refractivity contribution in [2.45, 2.75) is 24.4 Å². The van der Waals surface area contributed by atoms with Crippen LogP contribution >= 0.6 is 13.5 Å². The molecule has 0 spiro atoms. The van der Waals surface area contributed by atoms with Gasteiger partial charge in [0.15, 0.2) is 6.29 Å². The maximum atomic E-state index is 9.90.